The summed E-state index contributed by atoms with van der Waals surface area (Å²) in [5.74, 6) is -1.89. The number of aromatic amines is 1. The maximum Gasteiger partial charge on any atom is 0.311 e. The van der Waals surface area contributed by atoms with Crippen LogP contribution in [0.1, 0.15) is 29.8 Å². The standard InChI is InChI=1S/C16H15BrF2N2O2S/c1-2-23-13(22)6-11-12-5-8(7-21(12)16(24)20-11)14-10(18)4-3-9(17)15(14)19/h3-4,8H,2,5-7H2,1H3,(H,20,24)/t8-/m1/s1. The molecule has 128 valence electrons. The Morgan fingerprint density at radius 2 is 2.25 bits per heavy atom. The summed E-state index contributed by atoms with van der Waals surface area (Å²) in [7, 11) is 0. The fourth-order valence-corrected chi connectivity index (χ4v) is 3.77. The van der Waals surface area contributed by atoms with E-state index >= 15 is 0 Å². The molecule has 3 rings (SSSR count). The molecule has 1 aliphatic rings. The molecule has 0 aliphatic carbocycles. The molecule has 4 nitrogen and oxygen atoms in total. The molecule has 1 aliphatic heterocycles. The fourth-order valence-electron chi connectivity index (χ4n) is 3.11. The van der Waals surface area contributed by atoms with Crippen molar-refractivity contribution in [2.45, 2.75) is 32.2 Å². The lowest BCUT2D eigenvalue weighted by Crippen LogP contribution is -2.10. The Morgan fingerprint density at radius 3 is 2.96 bits per heavy atom. The first-order valence-electron chi connectivity index (χ1n) is 7.52. The Bertz CT molecular complexity index is 862. The normalized spacial score (nSPS) is 16.2. The highest BCUT2D eigenvalue weighted by Gasteiger charge is 2.31. The minimum atomic E-state index is -0.590. The van der Waals surface area contributed by atoms with Crippen LogP contribution in [0.3, 0.4) is 0 Å². The molecule has 0 unspecified atom stereocenters. The zero-order valence-electron chi connectivity index (χ0n) is 12.9. The van der Waals surface area contributed by atoms with Crippen LogP contribution in [-0.4, -0.2) is 22.1 Å². The van der Waals surface area contributed by atoms with Crippen molar-refractivity contribution in [2.75, 3.05) is 6.61 Å². The van der Waals surface area contributed by atoms with Gasteiger partial charge in [0.2, 0.25) is 0 Å². The third-order valence-corrected chi connectivity index (χ3v) is 5.07. The smallest absolute Gasteiger partial charge is 0.311 e. The molecule has 24 heavy (non-hydrogen) atoms. The second-order valence-corrected chi connectivity index (χ2v) is 6.85. The summed E-state index contributed by atoms with van der Waals surface area (Å²) in [4.78, 5) is 14.7. The first kappa shape index (κ1) is 17.3. The van der Waals surface area contributed by atoms with Gasteiger partial charge >= 0.3 is 5.97 Å². The number of esters is 1. The van der Waals surface area contributed by atoms with Gasteiger partial charge in [-0.15, -0.1) is 0 Å². The molecular formula is C16H15BrF2N2O2S. The van der Waals surface area contributed by atoms with Crippen LogP contribution in [0.4, 0.5) is 8.78 Å². The summed E-state index contributed by atoms with van der Waals surface area (Å²) in [6.07, 6.45) is 0.474. The SMILES string of the molecule is CCOC(=O)Cc1[nH]c(=S)n2c1C[C@@H](c1c(F)ccc(Br)c1F)C2. The molecule has 1 aromatic carbocycles. The number of H-pyrrole nitrogens is 1. The molecule has 0 amide bonds. The van der Waals surface area contributed by atoms with Crippen LogP contribution in [-0.2, 0) is 28.9 Å². The third-order valence-electron chi connectivity index (χ3n) is 4.13. The summed E-state index contributed by atoms with van der Waals surface area (Å²) < 4.78 is 35.9. The third kappa shape index (κ3) is 3.04. The number of imidazole rings is 1. The number of carbonyl (C=O) groups is 1. The summed E-state index contributed by atoms with van der Waals surface area (Å²) in [5.41, 5.74) is 1.50. The average molecular weight is 417 g/mol. The number of aromatic nitrogens is 2. The van der Waals surface area contributed by atoms with Crippen molar-refractivity contribution >= 4 is 34.1 Å². The van der Waals surface area contributed by atoms with Crippen LogP contribution in [0, 0.1) is 16.4 Å². The van der Waals surface area contributed by atoms with Gasteiger partial charge in [0.15, 0.2) is 4.77 Å². The number of benzene rings is 1. The van der Waals surface area contributed by atoms with Crippen LogP contribution in [0.25, 0.3) is 0 Å². The van der Waals surface area contributed by atoms with E-state index < -0.39 is 11.6 Å². The summed E-state index contributed by atoms with van der Waals surface area (Å²) in [6, 6.07) is 2.60. The Kier molecular flexibility index (Phi) is 4.87. The predicted molar refractivity (Wildman–Crippen MR) is 90.5 cm³/mol. The van der Waals surface area contributed by atoms with Crippen molar-refractivity contribution in [3.05, 3.63) is 50.0 Å². The Hall–Kier alpha value is -1.54. The summed E-state index contributed by atoms with van der Waals surface area (Å²) in [6.45, 7) is 2.41. The molecule has 2 heterocycles. The molecule has 1 N–H and O–H groups in total. The lowest BCUT2D eigenvalue weighted by molar-refractivity contribution is -0.142. The molecule has 1 aromatic heterocycles. The zero-order valence-corrected chi connectivity index (χ0v) is 15.3. The maximum absolute atomic E-state index is 14.4. The van der Waals surface area contributed by atoms with Crippen molar-refractivity contribution < 1.29 is 18.3 Å². The van der Waals surface area contributed by atoms with Crippen molar-refractivity contribution in [3.8, 4) is 0 Å². The van der Waals surface area contributed by atoms with Crippen LogP contribution in [0.5, 0.6) is 0 Å². The molecule has 2 aromatic rings. The first-order valence-corrected chi connectivity index (χ1v) is 8.72. The van der Waals surface area contributed by atoms with Crippen molar-refractivity contribution in [3.63, 3.8) is 0 Å². The Morgan fingerprint density at radius 1 is 1.50 bits per heavy atom. The second kappa shape index (κ2) is 6.76. The quantitative estimate of drug-likeness (QED) is 0.464. The number of nitrogens with zero attached hydrogens (tertiary/aromatic N) is 1. The molecule has 8 heteroatoms. The van der Waals surface area contributed by atoms with E-state index in [1.807, 2.05) is 0 Å². The van der Waals surface area contributed by atoms with Crippen molar-refractivity contribution in [1.82, 2.24) is 9.55 Å². The van der Waals surface area contributed by atoms with Gasteiger partial charge in [0, 0.05) is 29.4 Å². The minimum absolute atomic E-state index is 0.0459. The van der Waals surface area contributed by atoms with Gasteiger partial charge in [0.1, 0.15) is 11.6 Å². The maximum atomic E-state index is 14.4. The number of rotatable bonds is 4. The predicted octanol–water partition coefficient (Wildman–Crippen LogP) is 4.03. The molecule has 0 fully saturated rings. The van der Waals surface area contributed by atoms with Crippen LogP contribution >= 0.6 is 28.1 Å². The zero-order chi connectivity index (χ0) is 17.4. The van der Waals surface area contributed by atoms with Gasteiger partial charge in [-0.25, -0.2) is 8.78 Å². The lowest BCUT2D eigenvalue weighted by atomic mass is 9.95. The Labute approximate surface area is 151 Å². The topological polar surface area (TPSA) is 47.0 Å². The van der Waals surface area contributed by atoms with E-state index in [2.05, 4.69) is 20.9 Å². The first-order chi connectivity index (χ1) is 11.4. The highest BCUT2D eigenvalue weighted by Crippen LogP contribution is 2.36. The monoisotopic (exact) mass is 416 g/mol. The van der Waals surface area contributed by atoms with Gasteiger partial charge < -0.3 is 14.3 Å². The van der Waals surface area contributed by atoms with Crippen LogP contribution in [0.15, 0.2) is 16.6 Å². The van der Waals surface area contributed by atoms with E-state index in [0.29, 0.717) is 30.0 Å². The number of hydrogen-bond acceptors (Lipinski definition) is 3. The fraction of sp³-hybridized carbons (Fsp3) is 0.375. The Balaban J connectivity index is 1.92. The van der Waals surface area contributed by atoms with Crippen LogP contribution < -0.4 is 0 Å². The molecule has 0 spiro atoms. The van der Waals surface area contributed by atoms with E-state index in [1.54, 1.807) is 11.5 Å². The molecule has 0 bridgehead atoms. The number of hydrogen-bond donors (Lipinski definition) is 1. The molecule has 0 radical (unpaired) electrons. The average Bonchev–Trinajstić information content (AvgIpc) is 3.06. The molecule has 0 saturated heterocycles. The summed E-state index contributed by atoms with van der Waals surface area (Å²) in [5, 5.41) is 0. The van der Waals surface area contributed by atoms with Gasteiger partial charge in [-0.05, 0) is 53.6 Å². The largest absolute Gasteiger partial charge is 0.466 e. The number of carbonyl (C=O) groups excluding carboxylic acids is 1. The van der Waals surface area contributed by atoms with E-state index in [4.69, 9.17) is 17.0 Å². The number of ether oxygens (including phenoxy) is 1. The second-order valence-electron chi connectivity index (χ2n) is 5.61. The van der Waals surface area contributed by atoms with Gasteiger partial charge in [0.05, 0.1) is 17.5 Å². The molecular weight excluding hydrogens is 402 g/mol. The molecule has 0 saturated carbocycles. The minimum Gasteiger partial charge on any atom is -0.466 e. The van der Waals surface area contributed by atoms with E-state index in [0.717, 1.165) is 5.69 Å². The molecule has 1 atom stereocenters. The summed E-state index contributed by atoms with van der Waals surface area (Å²) >= 11 is 8.37. The van der Waals surface area contributed by atoms with Gasteiger partial charge in [-0.3, -0.25) is 4.79 Å². The highest BCUT2D eigenvalue weighted by molar-refractivity contribution is 9.10. The van der Waals surface area contributed by atoms with Gasteiger partial charge in [-0.2, -0.15) is 0 Å². The van der Waals surface area contributed by atoms with Crippen molar-refractivity contribution in [2.24, 2.45) is 0 Å². The van der Waals surface area contributed by atoms with E-state index in [1.165, 1.54) is 12.1 Å². The van der Waals surface area contributed by atoms with Crippen LogP contribution in [0.2, 0.25) is 0 Å². The van der Waals surface area contributed by atoms with E-state index in [9.17, 15) is 13.6 Å². The van der Waals surface area contributed by atoms with E-state index in [-0.39, 0.29) is 28.3 Å². The van der Waals surface area contributed by atoms with Crippen molar-refractivity contribution in [1.29, 1.82) is 0 Å². The number of halogens is 3. The van der Waals surface area contributed by atoms with Gasteiger partial charge in [0.25, 0.3) is 0 Å². The van der Waals surface area contributed by atoms with Gasteiger partial charge in [-0.1, -0.05) is 0 Å². The number of fused-ring (bicyclic) bond motifs is 1. The number of nitrogens with one attached hydrogen (secondary N) is 1. The highest BCUT2D eigenvalue weighted by atomic mass is 79.9. The lowest BCUT2D eigenvalue weighted by Gasteiger charge is -2.13.